The van der Waals surface area contributed by atoms with Crippen molar-refractivity contribution in [2.45, 2.75) is 16.4 Å². The molecule has 10 heteroatoms. The Morgan fingerprint density at radius 3 is 2.68 bits per heavy atom. The van der Waals surface area contributed by atoms with Crippen LogP contribution in [0, 0.1) is 0 Å². The van der Waals surface area contributed by atoms with Crippen LogP contribution in [0.2, 0.25) is 0 Å². The number of alkyl halides is 3. The first-order chi connectivity index (χ1) is 8.84. The third-order valence-corrected chi connectivity index (χ3v) is 2.68. The van der Waals surface area contributed by atoms with Gasteiger partial charge in [-0.15, -0.1) is 0 Å². The van der Waals surface area contributed by atoms with Crippen molar-refractivity contribution in [3.63, 3.8) is 0 Å². The fourth-order valence-corrected chi connectivity index (χ4v) is 1.92. The van der Waals surface area contributed by atoms with Gasteiger partial charge in [-0.25, -0.2) is 15.0 Å². The van der Waals surface area contributed by atoms with E-state index in [1.165, 1.54) is 12.3 Å². The molecular formula is C9H6F3N5OS. The second-order valence-electron chi connectivity index (χ2n) is 3.29. The number of aromatic amines is 1. The smallest absolute Gasteiger partial charge is 0.368 e. The SMILES string of the molecule is Nc1nc(Sc2nccc(=O)[nH]2)cc(C(F)(F)F)n1. The predicted octanol–water partition coefficient (Wildman–Crippen LogP) is 1.31. The topological polar surface area (TPSA) is 97.5 Å². The minimum Gasteiger partial charge on any atom is -0.368 e. The Morgan fingerprint density at radius 2 is 2.05 bits per heavy atom. The average molecular weight is 289 g/mol. The van der Waals surface area contributed by atoms with Crippen LogP contribution in [0.4, 0.5) is 19.1 Å². The summed E-state index contributed by atoms with van der Waals surface area (Å²) in [5, 5.41) is 0.0490. The number of nitrogen functional groups attached to an aromatic ring is 1. The molecule has 0 amide bonds. The molecule has 0 aliphatic heterocycles. The fourth-order valence-electron chi connectivity index (χ4n) is 1.14. The van der Waals surface area contributed by atoms with E-state index in [0.717, 1.165) is 17.8 Å². The molecule has 0 saturated carbocycles. The van der Waals surface area contributed by atoms with Crippen LogP contribution in [0.15, 0.2) is 33.3 Å². The number of hydrogen-bond acceptors (Lipinski definition) is 6. The normalized spacial score (nSPS) is 11.5. The maximum atomic E-state index is 12.5. The molecule has 0 fully saturated rings. The van der Waals surface area contributed by atoms with Gasteiger partial charge < -0.3 is 10.7 Å². The highest BCUT2D eigenvalue weighted by Gasteiger charge is 2.33. The van der Waals surface area contributed by atoms with E-state index < -0.39 is 23.4 Å². The van der Waals surface area contributed by atoms with Crippen molar-refractivity contribution in [2.75, 3.05) is 5.73 Å². The van der Waals surface area contributed by atoms with Crippen molar-refractivity contribution in [1.82, 2.24) is 19.9 Å². The largest absolute Gasteiger partial charge is 0.433 e. The Bertz CT molecular complexity index is 657. The Balaban J connectivity index is 2.36. The van der Waals surface area contributed by atoms with Crippen molar-refractivity contribution >= 4 is 17.7 Å². The second kappa shape index (κ2) is 4.88. The van der Waals surface area contributed by atoms with Gasteiger partial charge in [0, 0.05) is 18.3 Å². The molecule has 0 bridgehead atoms. The maximum Gasteiger partial charge on any atom is 0.433 e. The number of halogens is 3. The Labute approximate surface area is 108 Å². The number of rotatable bonds is 2. The summed E-state index contributed by atoms with van der Waals surface area (Å²) in [7, 11) is 0. The van der Waals surface area contributed by atoms with E-state index in [-0.39, 0.29) is 10.2 Å². The van der Waals surface area contributed by atoms with E-state index in [1.54, 1.807) is 0 Å². The second-order valence-corrected chi connectivity index (χ2v) is 4.30. The molecule has 0 aliphatic rings. The van der Waals surface area contributed by atoms with E-state index in [0.29, 0.717) is 0 Å². The molecule has 0 unspecified atom stereocenters. The highest BCUT2D eigenvalue weighted by atomic mass is 32.2. The van der Waals surface area contributed by atoms with Crippen LogP contribution in [0.3, 0.4) is 0 Å². The average Bonchev–Trinajstić information content (AvgIpc) is 2.26. The molecule has 6 nitrogen and oxygen atoms in total. The van der Waals surface area contributed by atoms with E-state index in [9.17, 15) is 18.0 Å². The van der Waals surface area contributed by atoms with Crippen LogP contribution in [-0.4, -0.2) is 19.9 Å². The van der Waals surface area contributed by atoms with Crippen LogP contribution in [0.5, 0.6) is 0 Å². The van der Waals surface area contributed by atoms with Gasteiger partial charge in [-0.2, -0.15) is 13.2 Å². The Kier molecular flexibility index (Phi) is 3.42. The van der Waals surface area contributed by atoms with Gasteiger partial charge in [-0.3, -0.25) is 4.79 Å². The predicted molar refractivity (Wildman–Crippen MR) is 60.4 cm³/mol. The van der Waals surface area contributed by atoms with Crippen LogP contribution in [-0.2, 0) is 6.18 Å². The van der Waals surface area contributed by atoms with E-state index >= 15 is 0 Å². The zero-order valence-electron chi connectivity index (χ0n) is 9.10. The number of nitrogens with zero attached hydrogens (tertiary/aromatic N) is 3. The first-order valence-electron chi connectivity index (χ1n) is 4.79. The molecular weight excluding hydrogens is 283 g/mol. The summed E-state index contributed by atoms with van der Waals surface area (Å²) >= 11 is 0.748. The summed E-state index contributed by atoms with van der Waals surface area (Å²) in [5.41, 5.74) is 3.64. The van der Waals surface area contributed by atoms with E-state index in [1.807, 2.05) is 0 Å². The molecule has 0 aliphatic carbocycles. The highest BCUT2D eigenvalue weighted by molar-refractivity contribution is 7.99. The molecule has 0 saturated heterocycles. The summed E-state index contributed by atoms with van der Waals surface area (Å²) in [5.74, 6) is -0.504. The van der Waals surface area contributed by atoms with Gasteiger partial charge >= 0.3 is 6.18 Å². The quantitative estimate of drug-likeness (QED) is 0.639. The van der Waals surface area contributed by atoms with Gasteiger partial charge in [0.1, 0.15) is 5.03 Å². The number of H-pyrrole nitrogens is 1. The van der Waals surface area contributed by atoms with Crippen LogP contribution >= 0.6 is 11.8 Å². The van der Waals surface area contributed by atoms with Gasteiger partial charge in [0.25, 0.3) is 5.56 Å². The number of aromatic nitrogens is 4. The van der Waals surface area contributed by atoms with Crippen molar-refractivity contribution in [3.8, 4) is 0 Å². The zero-order chi connectivity index (χ0) is 14.0. The molecule has 2 aromatic rings. The molecule has 2 rings (SSSR count). The first kappa shape index (κ1) is 13.3. The third-order valence-electron chi connectivity index (χ3n) is 1.86. The van der Waals surface area contributed by atoms with Crippen molar-refractivity contribution in [2.24, 2.45) is 0 Å². The minimum absolute atomic E-state index is 0.0609. The monoisotopic (exact) mass is 289 g/mol. The van der Waals surface area contributed by atoms with E-state index in [2.05, 4.69) is 19.9 Å². The summed E-state index contributed by atoms with van der Waals surface area (Å²) in [4.78, 5) is 23.9. The molecule has 100 valence electrons. The zero-order valence-corrected chi connectivity index (χ0v) is 9.92. The number of hydrogen-bond donors (Lipinski definition) is 2. The summed E-state index contributed by atoms with van der Waals surface area (Å²) < 4.78 is 37.6. The lowest BCUT2D eigenvalue weighted by molar-refractivity contribution is -0.141. The molecule has 2 aromatic heterocycles. The maximum absolute atomic E-state index is 12.5. The van der Waals surface area contributed by atoms with Gasteiger partial charge in [0.15, 0.2) is 10.9 Å². The summed E-state index contributed by atoms with van der Waals surface area (Å²) in [6, 6.07) is 1.91. The molecule has 2 heterocycles. The van der Waals surface area contributed by atoms with Crippen molar-refractivity contribution in [1.29, 1.82) is 0 Å². The first-order valence-corrected chi connectivity index (χ1v) is 5.61. The number of nitrogens with one attached hydrogen (secondary N) is 1. The summed E-state index contributed by atoms with van der Waals surface area (Å²) in [6.07, 6.45) is -3.39. The van der Waals surface area contributed by atoms with Crippen molar-refractivity contribution < 1.29 is 13.2 Å². The molecule has 0 radical (unpaired) electrons. The highest BCUT2D eigenvalue weighted by Crippen LogP contribution is 2.31. The summed E-state index contributed by atoms with van der Waals surface area (Å²) in [6.45, 7) is 0. The molecule has 19 heavy (non-hydrogen) atoms. The van der Waals surface area contributed by atoms with Crippen molar-refractivity contribution in [3.05, 3.63) is 34.4 Å². The van der Waals surface area contributed by atoms with Gasteiger partial charge in [0.05, 0.1) is 0 Å². The van der Waals surface area contributed by atoms with Gasteiger partial charge in [0.2, 0.25) is 5.95 Å². The molecule has 0 aromatic carbocycles. The molecule has 0 spiro atoms. The Morgan fingerprint density at radius 1 is 1.32 bits per heavy atom. The van der Waals surface area contributed by atoms with Crippen LogP contribution < -0.4 is 11.3 Å². The Hall–Kier alpha value is -2.10. The third kappa shape index (κ3) is 3.44. The van der Waals surface area contributed by atoms with E-state index in [4.69, 9.17) is 5.73 Å². The number of nitrogens with two attached hydrogens (primary N) is 1. The van der Waals surface area contributed by atoms with Gasteiger partial charge in [-0.05, 0) is 11.8 Å². The minimum atomic E-state index is -4.62. The fraction of sp³-hybridized carbons (Fsp3) is 0.111. The lowest BCUT2D eigenvalue weighted by Gasteiger charge is -2.07. The molecule has 0 atom stereocenters. The number of anilines is 1. The lowest BCUT2D eigenvalue weighted by atomic mass is 10.4. The molecule has 3 N–H and O–H groups in total. The lowest BCUT2D eigenvalue weighted by Crippen LogP contribution is -2.11. The van der Waals surface area contributed by atoms with Crippen LogP contribution in [0.25, 0.3) is 0 Å². The standard InChI is InChI=1S/C9H6F3N5OS/c10-9(11,12)4-3-6(17-7(13)15-4)19-8-14-2-1-5(18)16-8/h1-3H,(H2,13,15,17)(H,14,16,18). The van der Waals surface area contributed by atoms with Crippen LogP contribution in [0.1, 0.15) is 5.69 Å². The van der Waals surface area contributed by atoms with Gasteiger partial charge in [-0.1, -0.05) is 0 Å².